The van der Waals surface area contributed by atoms with Crippen LogP contribution in [0.3, 0.4) is 0 Å². The Labute approximate surface area is 330 Å². The van der Waals surface area contributed by atoms with E-state index in [0.717, 1.165) is 33.9 Å². The molecule has 3 heteroatoms. The zero-order valence-electron chi connectivity index (χ0n) is 31.1. The molecule has 0 bridgehead atoms. The number of aromatic nitrogens is 2. The van der Waals surface area contributed by atoms with Crippen molar-refractivity contribution in [2.75, 3.05) is 0 Å². The van der Waals surface area contributed by atoms with Crippen LogP contribution in [0.2, 0.25) is 0 Å². The summed E-state index contributed by atoms with van der Waals surface area (Å²) in [7, 11) is 0. The van der Waals surface area contributed by atoms with Crippen LogP contribution in [0, 0.1) is 0 Å². The second kappa shape index (κ2) is 12.7. The van der Waals surface area contributed by atoms with Gasteiger partial charge in [0.1, 0.15) is 0 Å². The number of rotatable bonds is 5. The molecule has 264 valence electrons. The summed E-state index contributed by atoms with van der Waals surface area (Å²) < 4.78 is 1.32. The van der Waals surface area contributed by atoms with Gasteiger partial charge in [0.2, 0.25) is 0 Å². The van der Waals surface area contributed by atoms with Gasteiger partial charge in [-0.2, -0.15) is 0 Å². The molecule has 0 radical (unpaired) electrons. The lowest BCUT2D eigenvalue weighted by Gasteiger charge is -2.22. The summed E-state index contributed by atoms with van der Waals surface area (Å²) in [6.07, 6.45) is 0. The molecule has 0 fully saturated rings. The molecule has 2 aromatic heterocycles. The van der Waals surface area contributed by atoms with Crippen molar-refractivity contribution in [3.63, 3.8) is 0 Å². The highest BCUT2D eigenvalue weighted by atomic mass is 32.1. The van der Waals surface area contributed by atoms with E-state index in [1.165, 1.54) is 75.5 Å². The first-order valence-corrected chi connectivity index (χ1v) is 20.0. The maximum atomic E-state index is 5.34. The molecular formula is C53H36N2S. The van der Waals surface area contributed by atoms with Gasteiger partial charge < -0.3 is 0 Å². The Bertz CT molecular complexity index is 3120. The van der Waals surface area contributed by atoms with Crippen LogP contribution in [-0.4, -0.2) is 9.97 Å². The SMILES string of the molecule is CC1(C)c2cc3ccccc3cc2-c2c(-c3cc(-c4ccc(-c5ccc(-c6cc7ccccc7s6)cc5)c5ccccc45)nc(-c4ccccc4)n3)cccc21. The normalized spacial score (nSPS) is 13.0. The van der Waals surface area contributed by atoms with Crippen LogP contribution in [-0.2, 0) is 5.41 Å². The van der Waals surface area contributed by atoms with E-state index in [4.69, 9.17) is 9.97 Å². The Morgan fingerprint density at radius 1 is 0.411 bits per heavy atom. The highest BCUT2D eigenvalue weighted by Crippen LogP contribution is 2.53. The first-order chi connectivity index (χ1) is 27.5. The standard InChI is InChI=1S/C53H36N2S/c1-53(2)45-21-12-20-43(51(45)44-29-36-15-6-7-16-37(36)30-46(44)53)48-32-47(54-52(55-48)35-13-4-3-5-14-35)42-28-27-39(40-18-9-10-19-41(40)42)33-23-25-34(26-24-33)50-31-38-17-8-11-22-49(38)56-50/h3-32H,1-2H3. The molecule has 0 aliphatic heterocycles. The molecular weight excluding hydrogens is 697 g/mol. The van der Waals surface area contributed by atoms with Gasteiger partial charge in [-0.1, -0.05) is 166 Å². The third-order valence-corrected chi connectivity index (χ3v) is 12.9. The summed E-state index contributed by atoms with van der Waals surface area (Å²) in [5, 5.41) is 6.18. The molecule has 8 aromatic carbocycles. The summed E-state index contributed by atoms with van der Waals surface area (Å²) >= 11 is 1.84. The van der Waals surface area contributed by atoms with E-state index in [-0.39, 0.29) is 5.41 Å². The molecule has 0 amide bonds. The maximum Gasteiger partial charge on any atom is 0.160 e. The predicted molar refractivity (Wildman–Crippen MR) is 237 cm³/mol. The quantitative estimate of drug-likeness (QED) is 0.176. The molecule has 2 heterocycles. The summed E-state index contributed by atoms with van der Waals surface area (Å²) in [4.78, 5) is 11.9. The molecule has 0 N–H and O–H groups in total. The lowest BCUT2D eigenvalue weighted by molar-refractivity contribution is 0.661. The van der Waals surface area contributed by atoms with Gasteiger partial charge in [0.25, 0.3) is 0 Å². The first-order valence-electron chi connectivity index (χ1n) is 19.2. The molecule has 1 aliphatic carbocycles. The average molecular weight is 733 g/mol. The second-order valence-electron chi connectivity index (χ2n) is 15.4. The smallest absolute Gasteiger partial charge is 0.160 e. The molecule has 2 nitrogen and oxygen atoms in total. The van der Waals surface area contributed by atoms with Gasteiger partial charge in [0.15, 0.2) is 5.82 Å². The lowest BCUT2D eigenvalue weighted by atomic mass is 9.81. The van der Waals surface area contributed by atoms with E-state index >= 15 is 0 Å². The number of hydrogen-bond donors (Lipinski definition) is 0. The van der Waals surface area contributed by atoms with Gasteiger partial charge in [-0.05, 0) is 96.2 Å². The third-order valence-electron chi connectivity index (χ3n) is 11.7. The molecule has 11 rings (SSSR count). The van der Waals surface area contributed by atoms with Crippen molar-refractivity contribution in [3.8, 4) is 66.6 Å². The average Bonchev–Trinajstić information content (AvgIpc) is 3.79. The van der Waals surface area contributed by atoms with Crippen molar-refractivity contribution in [3.05, 3.63) is 193 Å². The lowest BCUT2D eigenvalue weighted by Crippen LogP contribution is -2.14. The highest BCUT2D eigenvalue weighted by molar-refractivity contribution is 7.22. The number of benzene rings is 8. The van der Waals surface area contributed by atoms with Gasteiger partial charge in [-0.3, -0.25) is 0 Å². The van der Waals surface area contributed by atoms with Crippen molar-refractivity contribution in [2.45, 2.75) is 19.3 Å². The maximum absolute atomic E-state index is 5.34. The number of nitrogens with zero attached hydrogens (tertiary/aromatic N) is 2. The predicted octanol–water partition coefficient (Wildman–Crippen LogP) is 14.6. The summed E-state index contributed by atoms with van der Waals surface area (Å²) in [6, 6.07) is 65.9. The van der Waals surface area contributed by atoms with Crippen LogP contribution in [0.4, 0.5) is 0 Å². The molecule has 0 saturated carbocycles. The zero-order valence-corrected chi connectivity index (χ0v) is 31.9. The van der Waals surface area contributed by atoms with Crippen LogP contribution in [0.15, 0.2) is 182 Å². The highest BCUT2D eigenvalue weighted by Gasteiger charge is 2.37. The molecule has 0 saturated heterocycles. The molecule has 56 heavy (non-hydrogen) atoms. The molecule has 0 spiro atoms. The van der Waals surface area contributed by atoms with Gasteiger partial charge >= 0.3 is 0 Å². The second-order valence-corrected chi connectivity index (χ2v) is 16.4. The summed E-state index contributed by atoms with van der Waals surface area (Å²) in [5.41, 5.74) is 13.8. The number of hydrogen-bond acceptors (Lipinski definition) is 3. The van der Waals surface area contributed by atoms with Crippen LogP contribution in [0.5, 0.6) is 0 Å². The fourth-order valence-corrected chi connectivity index (χ4v) is 9.91. The topological polar surface area (TPSA) is 25.8 Å². The molecule has 10 aromatic rings. The minimum atomic E-state index is -0.148. The van der Waals surface area contributed by atoms with Gasteiger partial charge in [-0.25, -0.2) is 9.97 Å². The molecule has 0 unspecified atom stereocenters. The van der Waals surface area contributed by atoms with Gasteiger partial charge in [0.05, 0.1) is 11.4 Å². The van der Waals surface area contributed by atoms with E-state index in [9.17, 15) is 0 Å². The minimum absolute atomic E-state index is 0.148. The Morgan fingerprint density at radius 3 is 1.80 bits per heavy atom. The number of fused-ring (bicyclic) bond motifs is 6. The van der Waals surface area contributed by atoms with Crippen LogP contribution < -0.4 is 0 Å². The third kappa shape index (κ3) is 5.23. The van der Waals surface area contributed by atoms with Crippen LogP contribution in [0.1, 0.15) is 25.0 Å². The molecule has 0 atom stereocenters. The Kier molecular flexibility index (Phi) is 7.42. The van der Waals surface area contributed by atoms with Crippen molar-refractivity contribution >= 4 is 43.0 Å². The number of thiophene rings is 1. The Morgan fingerprint density at radius 2 is 1.04 bits per heavy atom. The largest absolute Gasteiger partial charge is 0.228 e. The Balaban J connectivity index is 1.07. The fourth-order valence-electron chi connectivity index (χ4n) is 8.84. The van der Waals surface area contributed by atoms with Crippen LogP contribution in [0.25, 0.3) is 98.2 Å². The summed E-state index contributed by atoms with van der Waals surface area (Å²) in [6.45, 7) is 4.70. The van der Waals surface area contributed by atoms with Crippen molar-refractivity contribution in [2.24, 2.45) is 0 Å². The van der Waals surface area contributed by atoms with E-state index in [0.29, 0.717) is 0 Å². The molecule has 1 aliphatic rings. The van der Waals surface area contributed by atoms with Crippen LogP contribution >= 0.6 is 11.3 Å². The van der Waals surface area contributed by atoms with Crippen molar-refractivity contribution in [1.29, 1.82) is 0 Å². The monoisotopic (exact) mass is 732 g/mol. The van der Waals surface area contributed by atoms with Crippen molar-refractivity contribution < 1.29 is 0 Å². The van der Waals surface area contributed by atoms with E-state index < -0.39 is 0 Å². The van der Waals surface area contributed by atoms with Gasteiger partial charge in [0, 0.05) is 31.7 Å². The minimum Gasteiger partial charge on any atom is -0.228 e. The van der Waals surface area contributed by atoms with E-state index in [1.54, 1.807) is 0 Å². The van der Waals surface area contributed by atoms with E-state index in [2.05, 4.69) is 190 Å². The zero-order chi connectivity index (χ0) is 37.4. The first kappa shape index (κ1) is 32.7. The van der Waals surface area contributed by atoms with Gasteiger partial charge in [-0.15, -0.1) is 11.3 Å². The fraction of sp³-hybridized carbons (Fsp3) is 0.0566. The van der Waals surface area contributed by atoms with E-state index in [1.807, 2.05) is 17.4 Å². The Hall–Kier alpha value is -6.68. The summed E-state index contributed by atoms with van der Waals surface area (Å²) in [5.74, 6) is 0.719. The van der Waals surface area contributed by atoms with Crippen molar-refractivity contribution in [1.82, 2.24) is 9.97 Å².